The Morgan fingerprint density at radius 2 is 1.61 bits per heavy atom. The number of hydrogen-bond acceptors (Lipinski definition) is 11. The predicted octanol–water partition coefficient (Wildman–Crippen LogP) is 7.98. The number of nitrogens with zero attached hydrogens (tertiary/aromatic N) is 3. The van der Waals surface area contributed by atoms with Gasteiger partial charge in [0.15, 0.2) is 0 Å². The second-order valence-corrected chi connectivity index (χ2v) is 20.7. The van der Waals surface area contributed by atoms with Gasteiger partial charge in [-0.15, -0.1) is 11.3 Å². The first-order chi connectivity index (χ1) is 31.9. The van der Waals surface area contributed by atoms with Crippen molar-refractivity contribution in [1.29, 1.82) is 5.26 Å². The molecule has 3 N–H and O–H groups in total. The number of hydrogen-bond donors (Lipinski definition) is 3. The number of nitrogens with one attached hydrogen (secondary N) is 3. The summed E-state index contributed by atoms with van der Waals surface area (Å²) in [6, 6.07) is 20.5. The summed E-state index contributed by atoms with van der Waals surface area (Å²) in [5.41, 5.74) is 3.35. The molecule has 3 aromatic carbocycles. The normalized spacial score (nSPS) is 18.8. The van der Waals surface area contributed by atoms with Crippen LogP contribution in [0, 0.1) is 27.6 Å². The van der Waals surface area contributed by atoms with Crippen molar-refractivity contribution in [3.63, 3.8) is 0 Å². The molecule has 1 aliphatic heterocycles. The molecular formula is C51H63ClN6O8S. The molecule has 6 rings (SSSR count). The molecule has 16 heteroatoms. The number of nitriles is 1. The molecule has 2 aliphatic rings. The van der Waals surface area contributed by atoms with E-state index in [0.717, 1.165) is 28.8 Å². The summed E-state index contributed by atoms with van der Waals surface area (Å²) < 4.78 is 23.5. The van der Waals surface area contributed by atoms with Crippen LogP contribution in [-0.2, 0) is 30.4 Å². The van der Waals surface area contributed by atoms with E-state index in [-0.39, 0.29) is 53.9 Å². The molecule has 0 spiro atoms. The van der Waals surface area contributed by atoms with E-state index in [1.807, 2.05) is 51.2 Å². The highest BCUT2D eigenvalue weighted by atomic mass is 35.5. The van der Waals surface area contributed by atoms with Gasteiger partial charge in [-0.25, -0.2) is 0 Å². The van der Waals surface area contributed by atoms with Crippen molar-refractivity contribution in [2.45, 2.75) is 105 Å². The predicted molar refractivity (Wildman–Crippen MR) is 258 cm³/mol. The largest absolute Gasteiger partial charge is 0.494 e. The molecule has 0 radical (unpaired) electrons. The zero-order valence-electron chi connectivity index (χ0n) is 39.5. The van der Waals surface area contributed by atoms with Crippen LogP contribution in [0.2, 0.25) is 5.02 Å². The van der Waals surface area contributed by atoms with E-state index < -0.39 is 23.4 Å². The molecular weight excluding hydrogens is 892 g/mol. The molecule has 0 unspecified atom stereocenters. The minimum Gasteiger partial charge on any atom is -0.494 e. The summed E-state index contributed by atoms with van der Waals surface area (Å²) in [5.74, 6) is 0.140. The molecule has 1 aromatic heterocycles. The number of unbranched alkanes of at least 4 members (excludes halogenated alkanes) is 1. The maximum absolute atomic E-state index is 13.9. The molecule has 67 heavy (non-hydrogen) atoms. The fourth-order valence-corrected chi connectivity index (χ4v) is 10.0. The zero-order valence-corrected chi connectivity index (χ0v) is 41.1. The van der Waals surface area contributed by atoms with Crippen LogP contribution in [0.3, 0.4) is 0 Å². The lowest BCUT2D eigenvalue weighted by molar-refractivity contribution is -0.164. The Hall–Kier alpha value is -5.53. The molecule has 4 aromatic rings. The van der Waals surface area contributed by atoms with Gasteiger partial charge < -0.3 is 39.8 Å². The van der Waals surface area contributed by atoms with Gasteiger partial charge in [0.05, 0.1) is 40.8 Å². The zero-order chi connectivity index (χ0) is 48.4. The van der Waals surface area contributed by atoms with Gasteiger partial charge in [-0.3, -0.25) is 24.2 Å². The Kier molecular flexibility index (Phi) is 17.1. The van der Waals surface area contributed by atoms with E-state index in [2.05, 4.69) is 54.7 Å². The summed E-state index contributed by atoms with van der Waals surface area (Å²) >= 11 is 7.80. The minimum atomic E-state index is -0.844. The van der Waals surface area contributed by atoms with Crippen LogP contribution >= 0.6 is 22.9 Å². The Bertz CT molecular complexity index is 2350. The van der Waals surface area contributed by atoms with Crippen molar-refractivity contribution in [3.8, 4) is 28.0 Å². The Morgan fingerprint density at radius 3 is 2.27 bits per heavy atom. The number of likely N-dealkylation sites (tertiary alicyclic amines) is 1. The quantitative estimate of drug-likeness (QED) is 0.0693. The van der Waals surface area contributed by atoms with Crippen molar-refractivity contribution < 1.29 is 38.1 Å². The van der Waals surface area contributed by atoms with Crippen LogP contribution in [-0.4, -0.2) is 97.3 Å². The highest BCUT2D eigenvalue weighted by Crippen LogP contribution is 2.55. The first-order valence-electron chi connectivity index (χ1n) is 22.8. The summed E-state index contributed by atoms with van der Waals surface area (Å²) in [7, 11) is 0. The van der Waals surface area contributed by atoms with Gasteiger partial charge in [-0.05, 0) is 78.6 Å². The van der Waals surface area contributed by atoms with Gasteiger partial charge >= 0.3 is 0 Å². The smallest absolute Gasteiger partial charge is 0.251 e. The average molecular weight is 956 g/mol. The number of benzene rings is 3. The highest BCUT2D eigenvalue weighted by molar-refractivity contribution is 7.13. The molecule has 1 saturated heterocycles. The van der Waals surface area contributed by atoms with E-state index in [1.54, 1.807) is 64.2 Å². The van der Waals surface area contributed by atoms with E-state index in [9.17, 15) is 24.4 Å². The average Bonchev–Trinajstić information content (AvgIpc) is 4.03. The first-order valence-corrected chi connectivity index (χ1v) is 24.1. The lowest BCUT2D eigenvalue weighted by atomic mass is 9.49. The van der Waals surface area contributed by atoms with Crippen LogP contribution in [0.5, 0.6) is 11.5 Å². The molecule has 1 aliphatic carbocycles. The van der Waals surface area contributed by atoms with Gasteiger partial charge in [0.25, 0.3) is 5.91 Å². The van der Waals surface area contributed by atoms with Crippen LogP contribution in [0.4, 0.5) is 0 Å². The minimum absolute atomic E-state index is 0.160. The fraction of sp³-hybridized carbons (Fsp3) is 0.490. The molecule has 358 valence electrons. The summed E-state index contributed by atoms with van der Waals surface area (Å²) in [6.45, 7) is 15.9. The van der Waals surface area contributed by atoms with Crippen molar-refractivity contribution in [2.24, 2.45) is 16.2 Å². The van der Waals surface area contributed by atoms with Crippen LogP contribution in [0.1, 0.15) is 95.6 Å². The van der Waals surface area contributed by atoms with Crippen molar-refractivity contribution >= 4 is 46.6 Å². The fourth-order valence-electron chi connectivity index (χ4n) is 9.17. The number of aromatic nitrogens is 1. The lowest BCUT2D eigenvalue weighted by Gasteiger charge is -2.63. The first kappa shape index (κ1) is 50.9. The van der Waals surface area contributed by atoms with Crippen LogP contribution in [0.15, 0.2) is 78.4 Å². The topological polar surface area (TPSA) is 181 Å². The summed E-state index contributed by atoms with van der Waals surface area (Å²) in [6.07, 6.45) is 4.37. The van der Waals surface area contributed by atoms with Crippen molar-refractivity contribution in [1.82, 2.24) is 25.8 Å². The van der Waals surface area contributed by atoms with Gasteiger partial charge in [-0.1, -0.05) is 84.3 Å². The van der Waals surface area contributed by atoms with Crippen molar-refractivity contribution in [2.75, 3.05) is 39.6 Å². The lowest BCUT2D eigenvalue weighted by Crippen LogP contribution is -2.74. The molecule has 2 fully saturated rings. The van der Waals surface area contributed by atoms with Gasteiger partial charge in [0.2, 0.25) is 17.7 Å². The number of halogens is 1. The second kappa shape index (κ2) is 22.5. The van der Waals surface area contributed by atoms with E-state index >= 15 is 0 Å². The van der Waals surface area contributed by atoms with Gasteiger partial charge in [-0.2, -0.15) is 5.26 Å². The van der Waals surface area contributed by atoms with Crippen molar-refractivity contribution in [3.05, 3.63) is 100 Å². The maximum Gasteiger partial charge on any atom is 0.251 e. The second-order valence-electron chi connectivity index (χ2n) is 19.4. The molecule has 2 atom stereocenters. The highest BCUT2D eigenvalue weighted by Gasteiger charge is 2.64. The molecule has 14 nitrogen and oxygen atoms in total. The number of rotatable bonds is 21. The van der Waals surface area contributed by atoms with E-state index in [1.165, 1.54) is 0 Å². The van der Waals surface area contributed by atoms with Crippen LogP contribution in [0.25, 0.3) is 10.4 Å². The Balaban J connectivity index is 0.833. The van der Waals surface area contributed by atoms with Gasteiger partial charge in [0, 0.05) is 54.4 Å². The summed E-state index contributed by atoms with van der Waals surface area (Å²) in [4.78, 5) is 60.3. The maximum atomic E-state index is 13.9. The number of amides is 4. The molecule has 1 saturated carbocycles. The van der Waals surface area contributed by atoms with Crippen LogP contribution < -0.4 is 25.4 Å². The number of ether oxygens (including phenoxy) is 4. The Morgan fingerprint density at radius 1 is 0.925 bits per heavy atom. The number of carbonyl (C=O) groups is 4. The number of carbonyl (C=O) groups excluding carboxylic acids is 4. The van der Waals surface area contributed by atoms with E-state index in [4.69, 9.17) is 30.5 Å². The summed E-state index contributed by atoms with van der Waals surface area (Å²) in [5, 5.41) is 18.6. The third kappa shape index (κ3) is 12.9. The molecule has 0 bridgehead atoms. The SMILES string of the molecule is CC(C)(C)[C@H](NC(=O)COCCOCCCCOc1ccc(C(=O)N[C@H]2C(C)(C)[C@H](Oc3ccc(C#N)c(Cl)c3)C2(C)C)cc1)C(=O)N1CCC[C@H]1C(=O)NCc1ccc(-c2cncs2)cc1. The third-order valence-electron chi connectivity index (χ3n) is 12.5. The van der Waals surface area contributed by atoms with Gasteiger partial charge in [0.1, 0.15) is 42.4 Å². The monoisotopic (exact) mass is 954 g/mol. The standard InChI is InChI=1S/C51H63ClN6O8S/c1-49(2,3)43(46(62)58-22-10-11-40(58)45(61)55-29-33-12-14-34(15-13-33)41-30-54-32-67-41)56-42(59)31-64-26-25-63-23-8-9-24-65-37-19-16-35(17-20-37)44(60)57-47-50(4,5)48(51(47,6)7)66-38-21-18-36(28-53)39(52)27-38/h12-21,27,30,32,40,43,47-48H,8-11,22-26,29,31H2,1-7H3,(H,55,61)(H,56,59)(H,57,60)/t40-,43+,47-,48-/m0/s1. The van der Waals surface area contributed by atoms with E-state index in [0.29, 0.717) is 73.4 Å². The Labute approximate surface area is 403 Å². The molecule has 4 amide bonds. The number of thiazole rings is 1. The third-order valence-corrected chi connectivity index (χ3v) is 13.6. The molecule has 2 heterocycles.